The quantitative estimate of drug-likeness (QED) is 0.225. The lowest BCUT2D eigenvalue weighted by molar-refractivity contribution is -0.132. The number of amides is 1. The van der Waals surface area contributed by atoms with Crippen molar-refractivity contribution in [2.24, 2.45) is 0 Å². The first-order chi connectivity index (χ1) is 17.8. The van der Waals surface area contributed by atoms with Crippen molar-refractivity contribution < 1.29 is 29.3 Å². The molecule has 1 amide bonds. The monoisotopic (exact) mass is 514 g/mol. The summed E-state index contributed by atoms with van der Waals surface area (Å²) in [6.07, 6.45) is 0. The highest BCUT2D eigenvalue weighted by Gasteiger charge is 2.48. The largest absolute Gasteiger partial charge is 0.508 e. The van der Waals surface area contributed by atoms with Crippen LogP contribution in [0.2, 0.25) is 0 Å². The molecule has 4 aromatic rings. The van der Waals surface area contributed by atoms with Crippen molar-refractivity contribution in [1.82, 2.24) is 4.98 Å². The second kappa shape index (κ2) is 8.63. The highest BCUT2D eigenvalue weighted by molar-refractivity contribution is 7.22. The third kappa shape index (κ3) is 3.79. The number of fused-ring (bicyclic) bond motifs is 2. The Morgan fingerprint density at radius 1 is 1.03 bits per heavy atom. The molecule has 0 radical (unpaired) electrons. The number of nitrogens with zero attached hydrogens (tertiary/aromatic N) is 2. The van der Waals surface area contributed by atoms with Crippen LogP contribution < -0.4 is 14.4 Å². The molecule has 1 atom stereocenters. The second-order valence-electron chi connectivity index (χ2n) is 9.05. The van der Waals surface area contributed by atoms with E-state index in [0.29, 0.717) is 41.0 Å². The van der Waals surface area contributed by atoms with Crippen molar-refractivity contribution in [2.75, 3.05) is 18.1 Å². The molecule has 0 aliphatic carbocycles. The van der Waals surface area contributed by atoms with Gasteiger partial charge in [0.2, 0.25) is 0 Å². The number of phenolic OH excluding ortho intramolecular Hbond substituents is 1. The van der Waals surface area contributed by atoms with Crippen molar-refractivity contribution in [1.29, 1.82) is 0 Å². The lowest BCUT2D eigenvalue weighted by atomic mass is 9.95. The van der Waals surface area contributed by atoms with Gasteiger partial charge < -0.3 is 19.7 Å². The molecular formula is C28H22N2O6S. The van der Waals surface area contributed by atoms with Gasteiger partial charge in [-0.1, -0.05) is 29.5 Å². The zero-order chi connectivity index (χ0) is 25.8. The van der Waals surface area contributed by atoms with Gasteiger partial charge in [-0.3, -0.25) is 14.5 Å². The van der Waals surface area contributed by atoms with Crippen LogP contribution in [0.4, 0.5) is 5.13 Å². The fourth-order valence-electron chi connectivity index (χ4n) is 4.85. The van der Waals surface area contributed by atoms with Crippen molar-refractivity contribution in [3.63, 3.8) is 0 Å². The summed E-state index contributed by atoms with van der Waals surface area (Å²) < 4.78 is 12.1. The average molecular weight is 515 g/mol. The van der Waals surface area contributed by atoms with Crippen LogP contribution >= 0.6 is 11.3 Å². The molecule has 0 bridgehead atoms. The summed E-state index contributed by atoms with van der Waals surface area (Å²) in [5.74, 6) is -1.05. The molecule has 3 aromatic carbocycles. The number of hydrogen-bond donors (Lipinski definition) is 2. The van der Waals surface area contributed by atoms with E-state index >= 15 is 0 Å². The maximum absolute atomic E-state index is 13.5. The topological polar surface area (TPSA) is 109 Å². The van der Waals surface area contributed by atoms with Crippen LogP contribution in [-0.4, -0.2) is 40.1 Å². The van der Waals surface area contributed by atoms with Gasteiger partial charge in [0.05, 0.1) is 21.8 Å². The minimum absolute atomic E-state index is 0.0295. The predicted molar refractivity (Wildman–Crippen MR) is 139 cm³/mol. The number of hydrogen-bond acceptors (Lipinski definition) is 8. The van der Waals surface area contributed by atoms with Crippen LogP contribution in [0.3, 0.4) is 0 Å². The molecule has 0 saturated carbocycles. The molecule has 3 heterocycles. The highest BCUT2D eigenvalue weighted by Crippen LogP contribution is 2.45. The van der Waals surface area contributed by atoms with Crippen molar-refractivity contribution >= 4 is 44.1 Å². The molecule has 2 N–H and O–H groups in total. The van der Waals surface area contributed by atoms with E-state index in [1.54, 1.807) is 30.3 Å². The van der Waals surface area contributed by atoms with Crippen LogP contribution in [0.25, 0.3) is 16.0 Å². The van der Waals surface area contributed by atoms with Crippen LogP contribution in [-0.2, 0) is 9.59 Å². The van der Waals surface area contributed by atoms with Crippen LogP contribution in [0.5, 0.6) is 17.2 Å². The molecular weight excluding hydrogens is 492 g/mol. The fourth-order valence-corrected chi connectivity index (χ4v) is 6.02. The Labute approximate surface area is 216 Å². The number of benzene rings is 3. The van der Waals surface area contributed by atoms with E-state index in [-0.39, 0.29) is 17.1 Å². The number of aliphatic hydroxyl groups excluding tert-OH is 1. The van der Waals surface area contributed by atoms with Crippen molar-refractivity contribution in [3.05, 3.63) is 82.4 Å². The van der Waals surface area contributed by atoms with Gasteiger partial charge in [0.25, 0.3) is 5.78 Å². The van der Waals surface area contributed by atoms with E-state index in [1.807, 2.05) is 26.0 Å². The average Bonchev–Trinajstić information content (AvgIpc) is 3.42. The number of phenols is 1. The molecule has 37 heavy (non-hydrogen) atoms. The molecule has 1 aromatic heterocycles. The summed E-state index contributed by atoms with van der Waals surface area (Å²) in [5.41, 5.74) is 3.44. The molecule has 8 nitrogen and oxygen atoms in total. The molecule has 0 spiro atoms. The molecule has 1 saturated heterocycles. The number of anilines is 1. The molecule has 9 heteroatoms. The number of carbonyl (C=O) groups excluding carboxylic acids is 2. The smallest absolute Gasteiger partial charge is 0.301 e. The van der Waals surface area contributed by atoms with Crippen LogP contribution in [0.1, 0.15) is 28.3 Å². The van der Waals surface area contributed by atoms with Gasteiger partial charge in [-0.25, -0.2) is 4.98 Å². The number of ether oxygens (including phenoxy) is 2. The first kappa shape index (κ1) is 23.1. The predicted octanol–water partition coefficient (Wildman–Crippen LogP) is 5.02. The molecule has 2 aliphatic rings. The first-order valence-electron chi connectivity index (χ1n) is 11.7. The van der Waals surface area contributed by atoms with Crippen LogP contribution in [0.15, 0.2) is 60.2 Å². The normalized spacial score (nSPS) is 18.5. The Hall–Kier alpha value is -4.37. The zero-order valence-corrected chi connectivity index (χ0v) is 20.8. The second-order valence-corrected chi connectivity index (χ2v) is 10.1. The molecule has 186 valence electrons. The van der Waals surface area contributed by atoms with Gasteiger partial charge in [-0.05, 0) is 66.9 Å². The SMILES string of the molecule is Cc1cc(C)c2nc(N3C(=O)C(=O)C(=C(O)c4ccc5c(c4)OCCO5)[C@@H]3c3cccc(O)c3)sc2c1. The van der Waals surface area contributed by atoms with E-state index in [1.165, 1.54) is 28.4 Å². The minimum atomic E-state index is -0.998. The lowest BCUT2D eigenvalue weighted by Gasteiger charge is -2.23. The summed E-state index contributed by atoms with van der Waals surface area (Å²) in [4.78, 5) is 32.9. The molecule has 2 aliphatic heterocycles. The number of ketones is 1. The van der Waals surface area contributed by atoms with Gasteiger partial charge >= 0.3 is 5.91 Å². The Bertz CT molecular complexity index is 1640. The Morgan fingerprint density at radius 2 is 1.81 bits per heavy atom. The van der Waals surface area contributed by atoms with E-state index in [4.69, 9.17) is 14.5 Å². The Morgan fingerprint density at radius 3 is 2.59 bits per heavy atom. The van der Waals surface area contributed by atoms with Crippen molar-refractivity contribution in [3.8, 4) is 17.2 Å². The van der Waals surface area contributed by atoms with Gasteiger partial charge in [-0.15, -0.1) is 0 Å². The molecule has 1 fully saturated rings. The number of Topliss-reactive ketones (excluding diaryl/α,β-unsaturated/α-hetero) is 1. The lowest BCUT2D eigenvalue weighted by Crippen LogP contribution is -2.29. The van der Waals surface area contributed by atoms with Gasteiger partial charge in [0.15, 0.2) is 16.6 Å². The zero-order valence-electron chi connectivity index (χ0n) is 20.0. The summed E-state index contributed by atoms with van der Waals surface area (Å²) in [5, 5.41) is 21.9. The van der Waals surface area contributed by atoms with E-state index in [9.17, 15) is 19.8 Å². The number of aliphatic hydroxyl groups is 1. The summed E-state index contributed by atoms with van der Waals surface area (Å²) in [7, 11) is 0. The van der Waals surface area contributed by atoms with E-state index in [2.05, 4.69) is 0 Å². The third-order valence-corrected chi connectivity index (χ3v) is 7.47. The maximum atomic E-state index is 13.5. The molecule has 0 unspecified atom stereocenters. The highest BCUT2D eigenvalue weighted by atomic mass is 32.1. The summed E-state index contributed by atoms with van der Waals surface area (Å²) >= 11 is 1.30. The van der Waals surface area contributed by atoms with Gasteiger partial charge in [-0.2, -0.15) is 0 Å². The Kier molecular flexibility index (Phi) is 5.38. The number of carbonyl (C=O) groups is 2. The number of aromatic hydroxyl groups is 1. The number of thiazole rings is 1. The molecule has 6 rings (SSSR count). The van der Waals surface area contributed by atoms with E-state index < -0.39 is 17.7 Å². The maximum Gasteiger partial charge on any atom is 0.301 e. The summed E-state index contributed by atoms with van der Waals surface area (Å²) in [6.45, 7) is 4.71. The fraction of sp³-hybridized carbons (Fsp3) is 0.179. The number of aromatic nitrogens is 1. The number of aryl methyl sites for hydroxylation is 2. The first-order valence-corrected chi connectivity index (χ1v) is 12.5. The Balaban J connectivity index is 1.55. The number of rotatable bonds is 3. The third-order valence-electron chi connectivity index (χ3n) is 6.47. The minimum Gasteiger partial charge on any atom is -0.508 e. The summed E-state index contributed by atoms with van der Waals surface area (Å²) in [6, 6.07) is 14.1. The van der Waals surface area contributed by atoms with Crippen molar-refractivity contribution in [2.45, 2.75) is 19.9 Å². The van der Waals surface area contributed by atoms with Gasteiger partial charge in [0, 0.05) is 5.56 Å². The van der Waals surface area contributed by atoms with Gasteiger partial charge in [0.1, 0.15) is 24.7 Å². The standard InChI is InChI=1S/C28H22N2O6S/c1-14-10-15(2)23-21(11-14)37-28(29-23)30-24(16-4-3-5-18(31)12-16)22(26(33)27(30)34)25(32)17-6-7-19-20(13-17)36-9-8-35-19/h3-7,10-13,24,31-32H,8-9H2,1-2H3/t24-/m0/s1. The van der Waals surface area contributed by atoms with E-state index in [0.717, 1.165) is 21.3 Å². The van der Waals surface area contributed by atoms with Crippen LogP contribution in [0, 0.1) is 13.8 Å².